The zero-order valence-corrected chi connectivity index (χ0v) is 18.1. The van der Waals surface area contributed by atoms with Gasteiger partial charge in [-0.15, -0.1) is 35.3 Å². The minimum atomic E-state index is 0. The van der Waals surface area contributed by atoms with E-state index in [4.69, 9.17) is 4.74 Å². The fourth-order valence-electron chi connectivity index (χ4n) is 3.21. The molecule has 0 aromatic carbocycles. The standard InChI is InChI=1S/C17H29N5OS.HI/c1-18-17(19-4-7-21-9-11-23-12-10-21)20-5-8-22-6-2-16-15(14-22)3-13-24-16;/h3,13H,2,4-12,14H2,1H3,(H2,18,19,20);1H. The van der Waals surface area contributed by atoms with E-state index in [-0.39, 0.29) is 24.0 Å². The molecule has 142 valence electrons. The Hall–Kier alpha value is -0.420. The summed E-state index contributed by atoms with van der Waals surface area (Å²) in [7, 11) is 1.84. The van der Waals surface area contributed by atoms with Gasteiger partial charge in [-0.25, -0.2) is 0 Å². The molecule has 8 heteroatoms. The lowest BCUT2D eigenvalue weighted by atomic mass is 10.1. The summed E-state index contributed by atoms with van der Waals surface area (Å²) < 4.78 is 5.37. The van der Waals surface area contributed by atoms with Crippen molar-refractivity contribution in [2.75, 3.05) is 66.1 Å². The maximum Gasteiger partial charge on any atom is 0.191 e. The van der Waals surface area contributed by atoms with Crippen molar-refractivity contribution in [2.24, 2.45) is 4.99 Å². The normalized spacial score (nSPS) is 19.2. The summed E-state index contributed by atoms with van der Waals surface area (Å²) in [4.78, 5) is 10.8. The molecule has 2 N–H and O–H groups in total. The first-order chi connectivity index (χ1) is 11.8. The SMILES string of the molecule is CN=C(NCCN1CCOCC1)NCCN1CCc2sccc2C1.I. The largest absolute Gasteiger partial charge is 0.379 e. The lowest BCUT2D eigenvalue weighted by Crippen LogP contribution is -2.46. The number of rotatable bonds is 6. The summed E-state index contributed by atoms with van der Waals surface area (Å²) >= 11 is 1.90. The summed E-state index contributed by atoms with van der Waals surface area (Å²) in [6, 6.07) is 2.27. The Bertz CT molecular complexity index is 533. The number of ether oxygens (including phenoxy) is 1. The number of thiophene rings is 1. The number of halogens is 1. The summed E-state index contributed by atoms with van der Waals surface area (Å²) in [6.45, 7) is 9.97. The number of hydrogen-bond acceptors (Lipinski definition) is 5. The monoisotopic (exact) mass is 479 g/mol. The first-order valence-electron chi connectivity index (χ1n) is 8.87. The second-order valence-corrected chi connectivity index (χ2v) is 7.28. The van der Waals surface area contributed by atoms with Crippen LogP contribution in [0.3, 0.4) is 0 Å². The van der Waals surface area contributed by atoms with Gasteiger partial charge in [0.15, 0.2) is 5.96 Å². The van der Waals surface area contributed by atoms with Crippen molar-refractivity contribution in [1.82, 2.24) is 20.4 Å². The van der Waals surface area contributed by atoms with Crippen LogP contribution in [0.15, 0.2) is 16.4 Å². The molecule has 2 aliphatic heterocycles. The number of aliphatic imine (C=N–C) groups is 1. The molecular formula is C17H30IN5OS. The van der Waals surface area contributed by atoms with Crippen molar-refractivity contribution in [1.29, 1.82) is 0 Å². The molecule has 1 saturated heterocycles. The third-order valence-electron chi connectivity index (χ3n) is 4.65. The molecule has 1 aromatic rings. The van der Waals surface area contributed by atoms with Crippen LogP contribution in [0.2, 0.25) is 0 Å². The van der Waals surface area contributed by atoms with Crippen LogP contribution in [0.4, 0.5) is 0 Å². The number of fused-ring (bicyclic) bond motifs is 1. The number of hydrogen-bond donors (Lipinski definition) is 2. The highest BCUT2D eigenvalue weighted by Crippen LogP contribution is 2.23. The van der Waals surface area contributed by atoms with E-state index >= 15 is 0 Å². The number of nitrogens with zero attached hydrogens (tertiary/aromatic N) is 3. The molecule has 0 bridgehead atoms. The third kappa shape index (κ3) is 6.67. The van der Waals surface area contributed by atoms with Crippen LogP contribution in [0.5, 0.6) is 0 Å². The van der Waals surface area contributed by atoms with Crippen LogP contribution in [-0.2, 0) is 17.7 Å². The van der Waals surface area contributed by atoms with Crippen LogP contribution < -0.4 is 10.6 Å². The Kier molecular flexibility index (Phi) is 9.46. The number of guanidine groups is 1. The molecule has 0 spiro atoms. The highest BCUT2D eigenvalue weighted by molar-refractivity contribution is 14.0. The smallest absolute Gasteiger partial charge is 0.191 e. The zero-order valence-electron chi connectivity index (χ0n) is 15.0. The van der Waals surface area contributed by atoms with Gasteiger partial charge in [0.25, 0.3) is 0 Å². The lowest BCUT2D eigenvalue weighted by Gasteiger charge is -2.28. The quantitative estimate of drug-likeness (QED) is 0.365. The predicted octanol–water partition coefficient (Wildman–Crippen LogP) is 1.22. The maximum absolute atomic E-state index is 5.37. The lowest BCUT2D eigenvalue weighted by molar-refractivity contribution is 0.0389. The van der Waals surface area contributed by atoms with Crippen molar-refractivity contribution < 1.29 is 4.74 Å². The van der Waals surface area contributed by atoms with E-state index in [1.54, 1.807) is 4.88 Å². The summed E-state index contributed by atoms with van der Waals surface area (Å²) in [5.74, 6) is 0.900. The molecule has 25 heavy (non-hydrogen) atoms. The van der Waals surface area contributed by atoms with E-state index < -0.39 is 0 Å². The molecule has 2 aliphatic rings. The van der Waals surface area contributed by atoms with Crippen LogP contribution in [0, 0.1) is 0 Å². The second-order valence-electron chi connectivity index (χ2n) is 6.27. The molecule has 3 rings (SSSR count). The average molecular weight is 479 g/mol. The van der Waals surface area contributed by atoms with Crippen LogP contribution in [0.25, 0.3) is 0 Å². The first-order valence-corrected chi connectivity index (χ1v) is 9.75. The molecule has 0 amide bonds. The van der Waals surface area contributed by atoms with Gasteiger partial charge in [-0.3, -0.25) is 14.8 Å². The van der Waals surface area contributed by atoms with E-state index in [0.29, 0.717) is 0 Å². The van der Waals surface area contributed by atoms with Gasteiger partial charge < -0.3 is 15.4 Å². The Balaban J connectivity index is 0.00000225. The summed E-state index contributed by atoms with van der Waals surface area (Å²) in [5.41, 5.74) is 1.51. The highest BCUT2D eigenvalue weighted by atomic mass is 127. The molecule has 0 aliphatic carbocycles. The van der Waals surface area contributed by atoms with Gasteiger partial charge in [0, 0.05) is 64.3 Å². The molecule has 0 radical (unpaired) electrons. The fraction of sp³-hybridized carbons (Fsp3) is 0.706. The fourth-order valence-corrected chi connectivity index (χ4v) is 4.10. The van der Waals surface area contributed by atoms with Gasteiger partial charge >= 0.3 is 0 Å². The maximum atomic E-state index is 5.37. The number of morpholine rings is 1. The molecule has 1 aromatic heterocycles. The van der Waals surface area contributed by atoms with Crippen molar-refractivity contribution >= 4 is 41.3 Å². The van der Waals surface area contributed by atoms with Gasteiger partial charge in [0.2, 0.25) is 0 Å². The molecular weight excluding hydrogens is 449 g/mol. The van der Waals surface area contributed by atoms with Crippen molar-refractivity contribution in [3.8, 4) is 0 Å². The van der Waals surface area contributed by atoms with Gasteiger partial charge in [-0.1, -0.05) is 0 Å². The van der Waals surface area contributed by atoms with Crippen LogP contribution in [0.1, 0.15) is 10.4 Å². The summed E-state index contributed by atoms with van der Waals surface area (Å²) in [5, 5.41) is 9.05. The number of nitrogens with one attached hydrogen (secondary N) is 2. The Morgan fingerprint density at radius 1 is 1.16 bits per heavy atom. The average Bonchev–Trinajstić information content (AvgIpc) is 3.09. The minimum absolute atomic E-state index is 0. The Morgan fingerprint density at radius 3 is 2.60 bits per heavy atom. The van der Waals surface area contributed by atoms with E-state index in [2.05, 4.69) is 36.9 Å². The van der Waals surface area contributed by atoms with Gasteiger partial charge in [0.1, 0.15) is 0 Å². The Morgan fingerprint density at radius 2 is 1.88 bits per heavy atom. The van der Waals surface area contributed by atoms with Gasteiger partial charge in [-0.05, 0) is 23.4 Å². The van der Waals surface area contributed by atoms with Crippen LogP contribution >= 0.6 is 35.3 Å². The van der Waals surface area contributed by atoms with E-state index in [1.165, 1.54) is 12.0 Å². The molecule has 0 unspecified atom stereocenters. The predicted molar refractivity (Wildman–Crippen MR) is 115 cm³/mol. The second kappa shape index (κ2) is 11.3. The Labute approximate surface area is 172 Å². The first kappa shape index (κ1) is 20.9. The van der Waals surface area contributed by atoms with Gasteiger partial charge in [-0.2, -0.15) is 0 Å². The summed E-state index contributed by atoms with van der Waals surface area (Å²) in [6.07, 6.45) is 1.19. The molecule has 0 atom stereocenters. The van der Waals surface area contributed by atoms with Crippen molar-refractivity contribution in [3.63, 3.8) is 0 Å². The molecule has 6 nitrogen and oxygen atoms in total. The van der Waals surface area contributed by atoms with E-state index in [0.717, 1.165) is 71.5 Å². The molecule has 3 heterocycles. The molecule has 1 fully saturated rings. The minimum Gasteiger partial charge on any atom is -0.379 e. The van der Waals surface area contributed by atoms with Crippen molar-refractivity contribution in [2.45, 2.75) is 13.0 Å². The highest BCUT2D eigenvalue weighted by Gasteiger charge is 2.16. The van der Waals surface area contributed by atoms with Gasteiger partial charge in [0.05, 0.1) is 13.2 Å². The molecule has 0 saturated carbocycles. The van der Waals surface area contributed by atoms with E-state index in [1.807, 2.05) is 18.4 Å². The third-order valence-corrected chi connectivity index (χ3v) is 5.68. The topological polar surface area (TPSA) is 52.1 Å². The van der Waals surface area contributed by atoms with E-state index in [9.17, 15) is 0 Å². The van der Waals surface area contributed by atoms with Crippen LogP contribution in [-0.4, -0.2) is 81.8 Å². The zero-order chi connectivity index (χ0) is 16.6. The van der Waals surface area contributed by atoms with Crippen molar-refractivity contribution in [3.05, 3.63) is 21.9 Å².